The van der Waals surface area contributed by atoms with Crippen LogP contribution in [-0.2, 0) is 0 Å². The van der Waals surface area contributed by atoms with E-state index >= 15 is 0 Å². The zero-order chi connectivity index (χ0) is 14.1. The van der Waals surface area contributed by atoms with Crippen molar-refractivity contribution in [2.45, 2.75) is 6.92 Å². The lowest BCUT2D eigenvalue weighted by Gasteiger charge is -2.10. The predicted octanol–water partition coefficient (Wildman–Crippen LogP) is 3.91. The van der Waals surface area contributed by atoms with Crippen LogP contribution in [0.1, 0.15) is 15.9 Å². The van der Waals surface area contributed by atoms with Gasteiger partial charge in [0.15, 0.2) is 0 Å². The van der Waals surface area contributed by atoms with Crippen LogP contribution in [0, 0.1) is 6.92 Å². The largest absolute Gasteiger partial charge is 0.478 e. The lowest BCUT2D eigenvalue weighted by molar-refractivity contribution is 0.0698. The van der Waals surface area contributed by atoms with Crippen molar-refractivity contribution in [3.8, 4) is 11.1 Å². The van der Waals surface area contributed by atoms with Gasteiger partial charge in [-0.3, -0.25) is 4.98 Å². The molecule has 0 saturated heterocycles. The van der Waals surface area contributed by atoms with Gasteiger partial charge in [-0.25, -0.2) is 4.79 Å². The summed E-state index contributed by atoms with van der Waals surface area (Å²) in [5, 5.41) is 10.4. The number of para-hydroxylation sites is 1. The normalized spacial score (nSPS) is 10.7. The van der Waals surface area contributed by atoms with Crippen LogP contribution in [-0.4, -0.2) is 16.1 Å². The van der Waals surface area contributed by atoms with Crippen LogP contribution in [0.2, 0.25) is 0 Å². The summed E-state index contributed by atoms with van der Waals surface area (Å²) >= 11 is 0. The fourth-order valence-electron chi connectivity index (χ4n) is 2.39. The van der Waals surface area contributed by atoms with Crippen molar-refractivity contribution in [3.05, 3.63) is 65.9 Å². The van der Waals surface area contributed by atoms with Gasteiger partial charge in [-0.1, -0.05) is 42.0 Å². The van der Waals surface area contributed by atoms with Gasteiger partial charge in [0.1, 0.15) is 0 Å². The minimum Gasteiger partial charge on any atom is -0.478 e. The van der Waals surface area contributed by atoms with E-state index in [9.17, 15) is 9.90 Å². The monoisotopic (exact) mass is 263 g/mol. The van der Waals surface area contributed by atoms with Gasteiger partial charge >= 0.3 is 5.97 Å². The quantitative estimate of drug-likeness (QED) is 0.762. The van der Waals surface area contributed by atoms with Gasteiger partial charge in [0.25, 0.3) is 0 Å². The first-order valence-corrected chi connectivity index (χ1v) is 6.35. The van der Waals surface area contributed by atoms with Crippen molar-refractivity contribution < 1.29 is 9.90 Å². The molecular formula is C17H13NO2. The van der Waals surface area contributed by atoms with E-state index in [2.05, 4.69) is 4.98 Å². The number of hydrogen-bond donors (Lipinski definition) is 1. The second kappa shape index (κ2) is 4.78. The Kier molecular flexibility index (Phi) is 2.95. The highest BCUT2D eigenvalue weighted by atomic mass is 16.4. The lowest BCUT2D eigenvalue weighted by atomic mass is 9.95. The number of hydrogen-bond acceptors (Lipinski definition) is 2. The number of rotatable bonds is 2. The molecule has 0 fully saturated rings. The van der Waals surface area contributed by atoms with Crippen molar-refractivity contribution in [1.82, 2.24) is 4.98 Å². The van der Waals surface area contributed by atoms with Crippen molar-refractivity contribution in [2.75, 3.05) is 0 Å². The van der Waals surface area contributed by atoms with Gasteiger partial charge in [-0.2, -0.15) is 0 Å². The van der Waals surface area contributed by atoms with Crippen molar-refractivity contribution >= 4 is 16.9 Å². The SMILES string of the molecule is Cc1ccc(C(=O)O)c(-c2cccc3cccnc23)c1. The topological polar surface area (TPSA) is 50.2 Å². The molecule has 0 spiro atoms. The van der Waals surface area contributed by atoms with Crippen molar-refractivity contribution in [2.24, 2.45) is 0 Å². The first-order valence-electron chi connectivity index (χ1n) is 6.35. The molecule has 1 N–H and O–H groups in total. The second-order valence-corrected chi connectivity index (χ2v) is 4.73. The highest BCUT2D eigenvalue weighted by Gasteiger charge is 2.14. The van der Waals surface area contributed by atoms with E-state index in [1.54, 1.807) is 12.3 Å². The minimum absolute atomic E-state index is 0.300. The summed E-state index contributed by atoms with van der Waals surface area (Å²) in [7, 11) is 0. The van der Waals surface area contributed by atoms with E-state index in [1.807, 2.05) is 49.4 Å². The number of pyridine rings is 1. The molecule has 3 aromatic rings. The standard InChI is InChI=1S/C17H13NO2/c1-11-7-8-14(17(19)20)15(10-11)13-6-2-4-12-5-3-9-18-16(12)13/h2-10H,1H3,(H,19,20). The third-order valence-corrected chi connectivity index (χ3v) is 3.33. The maximum Gasteiger partial charge on any atom is 0.336 e. The van der Waals surface area contributed by atoms with Crippen LogP contribution in [0.25, 0.3) is 22.0 Å². The Balaban J connectivity index is 2.36. The Bertz CT molecular complexity index is 804. The Labute approximate surface area is 116 Å². The molecule has 0 aliphatic rings. The molecular weight excluding hydrogens is 250 g/mol. The van der Waals surface area contributed by atoms with E-state index in [0.717, 1.165) is 22.0 Å². The van der Waals surface area contributed by atoms with Gasteiger partial charge in [0.05, 0.1) is 11.1 Å². The summed E-state index contributed by atoms with van der Waals surface area (Å²) in [6.45, 7) is 1.95. The van der Waals surface area contributed by atoms with Gasteiger partial charge < -0.3 is 5.11 Å². The average molecular weight is 263 g/mol. The molecule has 3 heteroatoms. The maximum atomic E-state index is 11.4. The fourth-order valence-corrected chi connectivity index (χ4v) is 2.39. The van der Waals surface area contributed by atoms with E-state index in [-0.39, 0.29) is 0 Å². The minimum atomic E-state index is -0.923. The predicted molar refractivity (Wildman–Crippen MR) is 78.9 cm³/mol. The van der Waals surface area contributed by atoms with E-state index in [0.29, 0.717) is 11.1 Å². The number of carboxylic acids is 1. The van der Waals surface area contributed by atoms with E-state index in [4.69, 9.17) is 0 Å². The number of carboxylic acid groups (broad SMARTS) is 1. The van der Waals surface area contributed by atoms with Gasteiger partial charge in [0, 0.05) is 17.1 Å². The Morgan fingerprint density at radius 1 is 1.05 bits per heavy atom. The number of carbonyl (C=O) groups is 1. The molecule has 0 aliphatic carbocycles. The zero-order valence-corrected chi connectivity index (χ0v) is 11.0. The molecule has 0 atom stereocenters. The second-order valence-electron chi connectivity index (χ2n) is 4.73. The molecule has 3 rings (SSSR count). The van der Waals surface area contributed by atoms with Crippen LogP contribution in [0.3, 0.4) is 0 Å². The van der Waals surface area contributed by atoms with Crippen LogP contribution in [0.5, 0.6) is 0 Å². The van der Waals surface area contributed by atoms with Gasteiger partial charge in [-0.05, 0) is 24.6 Å². The maximum absolute atomic E-state index is 11.4. The number of benzene rings is 2. The van der Waals surface area contributed by atoms with Gasteiger partial charge in [0.2, 0.25) is 0 Å². The average Bonchev–Trinajstić information content (AvgIpc) is 2.46. The molecule has 3 nitrogen and oxygen atoms in total. The Hall–Kier alpha value is -2.68. The summed E-state index contributed by atoms with van der Waals surface area (Å²) in [4.78, 5) is 15.8. The zero-order valence-electron chi connectivity index (χ0n) is 11.0. The highest BCUT2D eigenvalue weighted by molar-refractivity contribution is 6.02. The first-order chi connectivity index (χ1) is 9.66. The van der Waals surface area contributed by atoms with Crippen molar-refractivity contribution in [3.63, 3.8) is 0 Å². The molecule has 0 aliphatic heterocycles. The molecule has 0 bridgehead atoms. The first kappa shape index (κ1) is 12.4. The summed E-state index contributed by atoms with van der Waals surface area (Å²) < 4.78 is 0. The summed E-state index contributed by atoms with van der Waals surface area (Å²) in [5.74, 6) is -0.923. The molecule has 2 aromatic carbocycles. The molecule has 0 unspecified atom stereocenters. The fraction of sp³-hybridized carbons (Fsp3) is 0.0588. The molecule has 1 aromatic heterocycles. The summed E-state index contributed by atoms with van der Waals surface area (Å²) in [5.41, 5.74) is 3.71. The lowest BCUT2D eigenvalue weighted by Crippen LogP contribution is -2.00. The summed E-state index contributed by atoms with van der Waals surface area (Å²) in [6, 6.07) is 15.0. The number of fused-ring (bicyclic) bond motifs is 1. The van der Waals surface area contributed by atoms with Crippen LogP contribution in [0.4, 0.5) is 0 Å². The van der Waals surface area contributed by atoms with Crippen molar-refractivity contribution in [1.29, 1.82) is 0 Å². The molecule has 1 heterocycles. The Morgan fingerprint density at radius 2 is 1.85 bits per heavy atom. The van der Waals surface area contributed by atoms with E-state index < -0.39 is 5.97 Å². The number of aromatic nitrogens is 1. The number of aromatic carboxylic acids is 1. The van der Waals surface area contributed by atoms with E-state index in [1.165, 1.54) is 0 Å². The van der Waals surface area contributed by atoms with Crippen LogP contribution < -0.4 is 0 Å². The molecule has 0 radical (unpaired) electrons. The summed E-state index contributed by atoms with van der Waals surface area (Å²) in [6.07, 6.45) is 1.72. The molecule has 0 saturated carbocycles. The smallest absolute Gasteiger partial charge is 0.336 e. The Morgan fingerprint density at radius 3 is 2.65 bits per heavy atom. The van der Waals surface area contributed by atoms with Crippen LogP contribution in [0.15, 0.2) is 54.7 Å². The third-order valence-electron chi connectivity index (χ3n) is 3.33. The highest BCUT2D eigenvalue weighted by Crippen LogP contribution is 2.30. The number of aryl methyl sites for hydroxylation is 1. The molecule has 0 amide bonds. The number of nitrogens with zero attached hydrogens (tertiary/aromatic N) is 1. The van der Waals surface area contributed by atoms with Crippen LogP contribution >= 0.6 is 0 Å². The molecule has 20 heavy (non-hydrogen) atoms. The van der Waals surface area contributed by atoms with Gasteiger partial charge in [-0.15, -0.1) is 0 Å². The molecule has 98 valence electrons. The third kappa shape index (κ3) is 2.03.